The van der Waals surface area contributed by atoms with Crippen LogP contribution < -0.4 is 0 Å². The lowest BCUT2D eigenvalue weighted by molar-refractivity contribution is -0.131. The summed E-state index contributed by atoms with van der Waals surface area (Å²) in [4.78, 5) is 13.5. The van der Waals surface area contributed by atoms with Gasteiger partial charge in [-0.05, 0) is 11.1 Å². The van der Waals surface area contributed by atoms with Crippen molar-refractivity contribution in [3.05, 3.63) is 35.4 Å². The lowest BCUT2D eigenvalue weighted by atomic mass is 10.1. The maximum Gasteiger partial charge on any atom is 0.224 e. The summed E-state index contributed by atoms with van der Waals surface area (Å²) in [6.45, 7) is 1.56. The molecule has 0 unspecified atom stereocenters. The second-order valence-electron chi connectivity index (χ2n) is 3.46. The molecule has 0 bridgehead atoms. The molecule has 0 fully saturated rings. The number of carbonyl (C=O) groups excluding carboxylic acids is 1. The Kier molecular flexibility index (Phi) is 2.87. The van der Waals surface area contributed by atoms with Gasteiger partial charge < -0.3 is 4.90 Å². The van der Waals surface area contributed by atoms with Gasteiger partial charge in [-0.2, -0.15) is 0 Å². The normalized spacial score (nSPS) is 14.2. The molecule has 0 aromatic heterocycles. The summed E-state index contributed by atoms with van der Waals surface area (Å²) in [5.74, 6) is 0.234. The van der Waals surface area contributed by atoms with Crippen LogP contribution in [0.3, 0.4) is 0 Å². The summed E-state index contributed by atoms with van der Waals surface area (Å²) >= 11 is 3.28. The molecule has 1 heterocycles. The van der Waals surface area contributed by atoms with Gasteiger partial charge in [0, 0.05) is 24.8 Å². The largest absolute Gasteiger partial charge is 0.334 e. The maximum absolute atomic E-state index is 11.6. The van der Waals surface area contributed by atoms with Crippen molar-refractivity contribution in [2.75, 3.05) is 5.33 Å². The van der Waals surface area contributed by atoms with Crippen molar-refractivity contribution in [2.45, 2.75) is 19.5 Å². The van der Waals surface area contributed by atoms with Crippen LogP contribution in [-0.4, -0.2) is 16.1 Å². The van der Waals surface area contributed by atoms with Gasteiger partial charge in [0.25, 0.3) is 0 Å². The van der Waals surface area contributed by atoms with Crippen LogP contribution in [-0.2, 0) is 17.9 Å². The van der Waals surface area contributed by atoms with Gasteiger partial charge in [-0.25, -0.2) is 0 Å². The van der Waals surface area contributed by atoms with Gasteiger partial charge in [-0.1, -0.05) is 40.2 Å². The number of hydrogen-bond acceptors (Lipinski definition) is 1. The minimum absolute atomic E-state index is 0.234. The van der Waals surface area contributed by atoms with E-state index in [-0.39, 0.29) is 5.91 Å². The van der Waals surface area contributed by atoms with Crippen LogP contribution >= 0.6 is 15.9 Å². The third kappa shape index (κ3) is 1.82. The van der Waals surface area contributed by atoms with Crippen LogP contribution in [0.2, 0.25) is 0 Å². The van der Waals surface area contributed by atoms with Crippen LogP contribution in [0, 0.1) is 0 Å². The number of nitrogens with zero attached hydrogens (tertiary/aromatic N) is 1. The summed E-state index contributed by atoms with van der Waals surface area (Å²) in [6, 6.07) is 8.24. The second-order valence-corrected chi connectivity index (χ2v) is 4.25. The molecule has 14 heavy (non-hydrogen) atoms. The van der Waals surface area contributed by atoms with Gasteiger partial charge >= 0.3 is 0 Å². The Morgan fingerprint density at radius 1 is 1.29 bits per heavy atom. The van der Waals surface area contributed by atoms with E-state index in [1.54, 1.807) is 0 Å². The van der Waals surface area contributed by atoms with E-state index in [4.69, 9.17) is 0 Å². The van der Waals surface area contributed by atoms with E-state index in [1.165, 1.54) is 11.1 Å². The van der Waals surface area contributed by atoms with E-state index in [9.17, 15) is 4.79 Å². The lowest BCUT2D eigenvalue weighted by Crippen LogP contribution is -2.25. The molecule has 0 aliphatic carbocycles. The third-order valence-corrected chi connectivity index (χ3v) is 2.90. The van der Waals surface area contributed by atoms with Crippen molar-refractivity contribution in [1.29, 1.82) is 0 Å². The number of hydrogen-bond donors (Lipinski definition) is 0. The van der Waals surface area contributed by atoms with Crippen molar-refractivity contribution in [1.82, 2.24) is 4.90 Å². The molecule has 0 saturated carbocycles. The van der Waals surface area contributed by atoms with Gasteiger partial charge in [-0.15, -0.1) is 0 Å². The molecule has 1 aromatic carbocycles. The fourth-order valence-corrected chi connectivity index (χ4v) is 2.09. The van der Waals surface area contributed by atoms with Gasteiger partial charge in [0.2, 0.25) is 5.91 Å². The van der Waals surface area contributed by atoms with Gasteiger partial charge in [0.05, 0.1) is 0 Å². The Hall–Kier alpha value is -0.830. The zero-order valence-corrected chi connectivity index (χ0v) is 9.46. The molecule has 1 aliphatic heterocycles. The summed E-state index contributed by atoms with van der Waals surface area (Å²) in [5.41, 5.74) is 2.57. The standard InChI is InChI=1S/C11H12BrNO/c12-6-5-11(14)13-7-9-3-1-2-4-10(9)8-13/h1-4H,5-8H2. The first-order chi connectivity index (χ1) is 6.81. The zero-order chi connectivity index (χ0) is 9.97. The fourth-order valence-electron chi connectivity index (χ4n) is 1.75. The number of benzene rings is 1. The van der Waals surface area contributed by atoms with E-state index in [0.29, 0.717) is 6.42 Å². The molecule has 0 N–H and O–H groups in total. The first kappa shape index (κ1) is 9.71. The SMILES string of the molecule is O=C(CCBr)N1Cc2ccccc2C1. The zero-order valence-electron chi connectivity index (χ0n) is 7.87. The van der Waals surface area contributed by atoms with Crippen LogP contribution in [0.15, 0.2) is 24.3 Å². The minimum Gasteiger partial charge on any atom is -0.334 e. The number of fused-ring (bicyclic) bond motifs is 1. The van der Waals surface area contributed by atoms with E-state index >= 15 is 0 Å². The quantitative estimate of drug-likeness (QED) is 0.741. The van der Waals surface area contributed by atoms with Gasteiger partial charge in [-0.3, -0.25) is 4.79 Å². The van der Waals surface area contributed by atoms with Crippen LogP contribution in [0.1, 0.15) is 17.5 Å². The van der Waals surface area contributed by atoms with Gasteiger partial charge in [0.1, 0.15) is 0 Å². The highest BCUT2D eigenvalue weighted by atomic mass is 79.9. The fraction of sp³-hybridized carbons (Fsp3) is 0.364. The molecule has 3 heteroatoms. The summed E-state index contributed by atoms with van der Waals surface area (Å²) in [5, 5.41) is 0.749. The Labute approximate surface area is 92.0 Å². The van der Waals surface area contributed by atoms with Crippen LogP contribution in [0.25, 0.3) is 0 Å². The van der Waals surface area contributed by atoms with E-state index in [1.807, 2.05) is 17.0 Å². The Morgan fingerprint density at radius 2 is 1.86 bits per heavy atom. The predicted octanol–water partition coefficient (Wildman–Crippen LogP) is 2.31. The van der Waals surface area contributed by atoms with E-state index in [2.05, 4.69) is 28.1 Å². The third-order valence-electron chi connectivity index (χ3n) is 2.50. The second kappa shape index (κ2) is 4.13. The van der Waals surface area contributed by atoms with Crippen molar-refractivity contribution in [3.63, 3.8) is 0 Å². The molecule has 0 atom stereocenters. The van der Waals surface area contributed by atoms with E-state index in [0.717, 1.165) is 18.4 Å². The molecule has 0 spiro atoms. The average Bonchev–Trinajstić information content (AvgIpc) is 2.61. The molecule has 2 nitrogen and oxygen atoms in total. The lowest BCUT2D eigenvalue weighted by Gasteiger charge is -2.14. The average molecular weight is 254 g/mol. The molecule has 1 aliphatic rings. The Bertz CT molecular complexity index is 326. The highest BCUT2D eigenvalue weighted by molar-refractivity contribution is 9.09. The monoisotopic (exact) mass is 253 g/mol. The first-order valence-corrected chi connectivity index (χ1v) is 5.84. The van der Waals surface area contributed by atoms with Crippen molar-refractivity contribution < 1.29 is 4.79 Å². The molecule has 0 radical (unpaired) electrons. The molecular formula is C11H12BrNO. The highest BCUT2D eigenvalue weighted by Crippen LogP contribution is 2.22. The Balaban J connectivity index is 2.08. The molecule has 74 valence electrons. The van der Waals surface area contributed by atoms with Crippen LogP contribution in [0.5, 0.6) is 0 Å². The Morgan fingerprint density at radius 3 is 2.36 bits per heavy atom. The molecule has 0 saturated heterocycles. The predicted molar refractivity (Wildman–Crippen MR) is 59.1 cm³/mol. The number of rotatable bonds is 2. The number of halogens is 1. The number of amides is 1. The number of alkyl halides is 1. The van der Waals surface area contributed by atoms with Gasteiger partial charge in [0.15, 0.2) is 0 Å². The summed E-state index contributed by atoms with van der Waals surface area (Å²) in [6.07, 6.45) is 0.591. The molecular weight excluding hydrogens is 242 g/mol. The maximum atomic E-state index is 11.6. The smallest absolute Gasteiger partial charge is 0.224 e. The number of carbonyl (C=O) groups is 1. The van der Waals surface area contributed by atoms with Crippen molar-refractivity contribution in [3.8, 4) is 0 Å². The van der Waals surface area contributed by atoms with E-state index < -0.39 is 0 Å². The summed E-state index contributed by atoms with van der Waals surface area (Å²) < 4.78 is 0. The summed E-state index contributed by atoms with van der Waals surface area (Å²) in [7, 11) is 0. The topological polar surface area (TPSA) is 20.3 Å². The molecule has 2 rings (SSSR count). The molecule has 1 aromatic rings. The minimum atomic E-state index is 0.234. The van der Waals surface area contributed by atoms with Crippen molar-refractivity contribution in [2.24, 2.45) is 0 Å². The molecule has 1 amide bonds. The van der Waals surface area contributed by atoms with Crippen molar-refractivity contribution >= 4 is 21.8 Å². The highest BCUT2D eigenvalue weighted by Gasteiger charge is 2.21. The van der Waals surface area contributed by atoms with Crippen LogP contribution in [0.4, 0.5) is 0 Å². The first-order valence-electron chi connectivity index (χ1n) is 4.72.